The first-order valence-corrected chi connectivity index (χ1v) is 5.68. The van der Waals surface area contributed by atoms with Gasteiger partial charge in [0, 0.05) is 4.88 Å². The average molecular weight is 207 g/mol. The fourth-order valence-electron chi connectivity index (χ4n) is 1.87. The number of carbonyl (C=O) groups is 1. The van der Waals surface area contributed by atoms with Crippen LogP contribution in [-0.2, 0) is 11.2 Å². The van der Waals surface area contributed by atoms with Crippen LogP contribution in [-0.4, -0.2) is 5.91 Å². The molecule has 0 fully saturated rings. The van der Waals surface area contributed by atoms with Crippen LogP contribution < -0.4 is 5.32 Å². The zero-order valence-corrected chi connectivity index (χ0v) is 8.77. The molecule has 1 atom stereocenters. The van der Waals surface area contributed by atoms with E-state index in [1.165, 1.54) is 16.5 Å². The van der Waals surface area contributed by atoms with Gasteiger partial charge < -0.3 is 5.32 Å². The molecule has 1 aliphatic rings. The predicted molar refractivity (Wildman–Crippen MR) is 58.3 cm³/mol. The number of nitrogens with one attached hydrogen (secondary N) is 1. The van der Waals surface area contributed by atoms with E-state index in [1.54, 1.807) is 11.3 Å². The molecule has 1 aromatic heterocycles. The SMILES string of the molecule is C=CC(=O)N[C@@H]1CCCc2sccc21. The summed E-state index contributed by atoms with van der Waals surface area (Å²) in [4.78, 5) is 12.6. The van der Waals surface area contributed by atoms with Crippen LogP contribution in [0.3, 0.4) is 0 Å². The van der Waals surface area contributed by atoms with Gasteiger partial charge in [0.25, 0.3) is 0 Å². The van der Waals surface area contributed by atoms with Crippen molar-refractivity contribution >= 4 is 17.2 Å². The lowest BCUT2D eigenvalue weighted by molar-refractivity contribution is -0.117. The second kappa shape index (κ2) is 3.96. The smallest absolute Gasteiger partial charge is 0.243 e. The van der Waals surface area contributed by atoms with Gasteiger partial charge in [0.1, 0.15) is 0 Å². The third-order valence-electron chi connectivity index (χ3n) is 2.55. The summed E-state index contributed by atoms with van der Waals surface area (Å²) in [6.07, 6.45) is 4.70. The summed E-state index contributed by atoms with van der Waals surface area (Å²) in [6, 6.07) is 2.32. The molecule has 1 N–H and O–H groups in total. The Hall–Kier alpha value is -1.09. The van der Waals surface area contributed by atoms with Crippen molar-refractivity contribution < 1.29 is 4.79 Å². The minimum atomic E-state index is -0.0750. The summed E-state index contributed by atoms with van der Waals surface area (Å²) < 4.78 is 0. The Morgan fingerprint density at radius 1 is 1.71 bits per heavy atom. The van der Waals surface area contributed by atoms with E-state index in [2.05, 4.69) is 23.3 Å². The molecule has 14 heavy (non-hydrogen) atoms. The number of thiophene rings is 1. The summed E-state index contributed by atoms with van der Waals surface area (Å²) in [7, 11) is 0. The number of rotatable bonds is 2. The van der Waals surface area contributed by atoms with Crippen molar-refractivity contribution in [2.45, 2.75) is 25.3 Å². The van der Waals surface area contributed by atoms with Crippen LogP contribution in [0.4, 0.5) is 0 Å². The van der Waals surface area contributed by atoms with Gasteiger partial charge in [-0.3, -0.25) is 4.79 Å². The largest absolute Gasteiger partial charge is 0.346 e. The molecule has 0 aliphatic heterocycles. The van der Waals surface area contributed by atoms with Gasteiger partial charge in [-0.2, -0.15) is 0 Å². The highest BCUT2D eigenvalue weighted by molar-refractivity contribution is 7.10. The number of carbonyl (C=O) groups excluding carboxylic acids is 1. The van der Waals surface area contributed by atoms with Crippen molar-refractivity contribution in [2.24, 2.45) is 0 Å². The lowest BCUT2D eigenvalue weighted by atomic mass is 9.94. The summed E-state index contributed by atoms with van der Waals surface area (Å²) in [5, 5.41) is 5.06. The molecule has 0 radical (unpaired) electrons. The molecule has 2 nitrogen and oxygen atoms in total. The fraction of sp³-hybridized carbons (Fsp3) is 0.364. The van der Waals surface area contributed by atoms with E-state index < -0.39 is 0 Å². The molecule has 74 valence electrons. The fourth-order valence-corrected chi connectivity index (χ4v) is 2.85. The number of aryl methyl sites for hydroxylation is 1. The number of hydrogen-bond acceptors (Lipinski definition) is 2. The molecule has 0 aromatic carbocycles. The molecule has 1 amide bonds. The lowest BCUT2D eigenvalue weighted by Crippen LogP contribution is -2.28. The molecule has 0 saturated carbocycles. The first-order chi connectivity index (χ1) is 6.81. The Kier molecular flexibility index (Phi) is 2.68. The van der Waals surface area contributed by atoms with Crippen LogP contribution in [0, 0.1) is 0 Å². The van der Waals surface area contributed by atoms with Crippen LogP contribution in [0.15, 0.2) is 24.1 Å². The van der Waals surface area contributed by atoms with Gasteiger partial charge in [-0.05, 0) is 42.3 Å². The quantitative estimate of drug-likeness (QED) is 0.741. The van der Waals surface area contributed by atoms with Gasteiger partial charge in [-0.15, -0.1) is 11.3 Å². The first kappa shape index (κ1) is 9.46. The maximum absolute atomic E-state index is 11.2. The topological polar surface area (TPSA) is 29.1 Å². The van der Waals surface area contributed by atoms with Crippen LogP contribution in [0.25, 0.3) is 0 Å². The highest BCUT2D eigenvalue weighted by Crippen LogP contribution is 2.33. The highest BCUT2D eigenvalue weighted by Gasteiger charge is 2.21. The standard InChI is InChI=1S/C11H13NOS/c1-2-11(13)12-9-4-3-5-10-8(9)6-7-14-10/h2,6-7,9H,1,3-5H2,(H,12,13)/t9-/m1/s1. The summed E-state index contributed by atoms with van der Waals surface area (Å²) in [6.45, 7) is 3.46. The van der Waals surface area contributed by atoms with Gasteiger partial charge in [0.2, 0.25) is 5.91 Å². The molecule has 0 unspecified atom stereocenters. The normalized spacial score (nSPS) is 19.9. The molecule has 0 saturated heterocycles. The molecule has 1 heterocycles. The van der Waals surface area contributed by atoms with E-state index in [0.717, 1.165) is 19.3 Å². The number of hydrogen-bond donors (Lipinski definition) is 1. The van der Waals surface area contributed by atoms with Crippen LogP contribution in [0.2, 0.25) is 0 Å². The summed E-state index contributed by atoms with van der Waals surface area (Å²) in [5.74, 6) is -0.0750. The zero-order chi connectivity index (χ0) is 9.97. The van der Waals surface area contributed by atoms with Gasteiger partial charge in [-0.1, -0.05) is 6.58 Å². The Morgan fingerprint density at radius 2 is 2.57 bits per heavy atom. The Labute approximate surface area is 87.6 Å². The van der Waals surface area contributed by atoms with Crippen LogP contribution in [0.5, 0.6) is 0 Å². The van der Waals surface area contributed by atoms with Crippen LogP contribution >= 0.6 is 11.3 Å². The zero-order valence-electron chi connectivity index (χ0n) is 7.95. The van der Waals surface area contributed by atoms with E-state index in [-0.39, 0.29) is 11.9 Å². The van der Waals surface area contributed by atoms with Crippen molar-refractivity contribution in [3.05, 3.63) is 34.5 Å². The maximum atomic E-state index is 11.2. The van der Waals surface area contributed by atoms with Gasteiger partial charge in [0.05, 0.1) is 6.04 Å². The molecule has 0 bridgehead atoms. The van der Waals surface area contributed by atoms with E-state index in [9.17, 15) is 4.79 Å². The lowest BCUT2D eigenvalue weighted by Gasteiger charge is -2.22. The summed E-state index contributed by atoms with van der Waals surface area (Å²) in [5.41, 5.74) is 1.30. The van der Waals surface area contributed by atoms with Crippen molar-refractivity contribution in [3.63, 3.8) is 0 Å². The molecule has 3 heteroatoms. The number of fused-ring (bicyclic) bond motifs is 1. The molecule has 1 aliphatic carbocycles. The Balaban J connectivity index is 2.16. The predicted octanol–water partition coefficient (Wildman–Crippen LogP) is 2.43. The van der Waals surface area contributed by atoms with Gasteiger partial charge in [-0.25, -0.2) is 0 Å². The van der Waals surface area contributed by atoms with Crippen LogP contribution in [0.1, 0.15) is 29.3 Å². The Bertz CT molecular complexity index is 356. The third kappa shape index (κ3) is 1.73. The second-order valence-electron chi connectivity index (χ2n) is 3.46. The van der Waals surface area contributed by atoms with Crippen molar-refractivity contribution in [1.29, 1.82) is 0 Å². The van der Waals surface area contributed by atoms with Crippen molar-refractivity contribution in [2.75, 3.05) is 0 Å². The summed E-state index contributed by atoms with van der Waals surface area (Å²) >= 11 is 1.79. The van der Waals surface area contributed by atoms with E-state index >= 15 is 0 Å². The average Bonchev–Trinajstić information content (AvgIpc) is 2.66. The van der Waals surface area contributed by atoms with E-state index in [1.807, 2.05) is 0 Å². The van der Waals surface area contributed by atoms with Crippen molar-refractivity contribution in [3.8, 4) is 0 Å². The molecular formula is C11H13NOS. The van der Waals surface area contributed by atoms with Gasteiger partial charge in [0.15, 0.2) is 0 Å². The third-order valence-corrected chi connectivity index (χ3v) is 3.55. The number of amides is 1. The molecule has 0 spiro atoms. The monoisotopic (exact) mass is 207 g/mol. The van der Waals surface area contributed by atoms with E-state index in [0.29, 0.717) is 0 Å². The second-order valence-corrected chi connectivity index (χ2v) is 4.46. The molecular weight excluding hydrogens is 194 g/mol. The molecule has 2 rings (SSSR count). The minimum Gasteiger partial charge on any atom is -0.346 e. The molecule has 1 aromatic rings. The highest BCUT2D eigenvalue weighted by atomic mass is 32.1. The van der Waals surface area contributed by atoms with E-state index in [4.69, 9.17) is 0 Å². The van der Waals surface area contributed by atoms with Crippen molar-refractivity contribution in [1.82, 2.24) is 5.32 Å². The Morgan fingerprint density at radius 3 is 3.36 bits per heavy atom. The first-order valence-electron chi connectivity index (χ1n) is 4.80. The van der Waals surface area contributed by atoms with Gasteiger partial charge >= 0.3 is 0 Å². The minimum absolute atomic E-state index is 0.0750. The maximum Gasteiger partial charge on any atom is 0.243 e.